The molecule has 0 radical (unpaired) electrons. The Morgan fingerprint density at radius 1 is 1.32 bits per heavy atom. The van der Waals surface area contributed by atoms with E-state index in [1.807, 2.05) is 19.9 Å². The average molecular weight is 264 g/mol. The molecule has 0 unspecified atom stereocenters. The number of aromatic carboxylic acids is 1. The summed E-state index contributed by atoms with van der Waals surface area (Å²) in [7, 11) is 0. The largest absolute Gasteiger partial charge is 0.478 e. The van der Waals surface area contributed by atoms with E-state index in [0.717, 1.165) is 5.56 Å². The molecule has 0 saturated carbocycles. The van der Waals surface area contributed by atoms with E-state index in [9.17, 15) is 9.59 Å². The van der Waals surface area contributed by atoms with Gasteiger partial charge in [-0.3, -0.25) is 4.79 Å². The first kappa shape index (κ1) is 15.2. The second kappa shape index (κ2) is 7.53. The van der Waals surface area contributed by atoms with E-state index in [1.165, 1.54) is 0 Å². The van der Waals surface area contributed by atoms with Gasteiger partial charge in [-0.1, -0.05) is 26.0 Å². The Labute approximate surface area is 113 Å². The minimum Gasteiger partial charge on any atom is -0.478 e. The number of nitrogens with one attached hydrogen (secondary N) is 2. The Bertz CT molecular complexity index is 444. The number of rotatable bonds is 7. The molecule has 0 bridgehead atoms. The molecular formula is C14H20N2O3. The van der Waals surface area contributed by atoms with Gasteiger partial charge in [0.05, 0.1) is 12.1 Å². The first-order chi connectivity index (χ1) is 8.99. The van der Waals surface area contributed by atoms with E-state index in [-0.39, 0.29) is 17.5 Å². The first-order valence-electron chi connectivity index (χ1n) is 6.31. The summed E-state index contributed by atoms with van der Waals surface area (Å²) < 4.78 is 0. The number of hydrogen-bond donors (Lipinski definition) is 3. The third kappa shape index (κ3) is 6.01. The van der Waals surface area contributed by atoms with Crippen LogP contribution in [0.2, 0.25) is 0 Å². The molecule has 1 rings (SSSR count). The normalized spacial score (nSPS) is 10.5. The van der Waals surface area contributed by atoms with Gasteiger partial charge in [-0.05, 0) is 24.1 Å². The Balaban J connectivity index is 2.35. The summed E-state index contributed by atoms with van der Waals surface area (Å²) in [5.41, 5.74) is 1.17. The zero-order valence-electron chi connectivity index (χ0n) is 11.3. The fraction of sp³-hybridized carbons (Fsp3) is 0.429. The standard InChI is InChI=1S/C14H20N2O3/c1-10(2)16-9-13(17)15-7-6-11-4-3-5-12(8-11)14(18)19/h3-5,8,10,16H,6-7,9H2,1-2H3,(H,15,17)(H,18,19). The van der Waals surface area contributed by atoms with Gasteiger partial charge in [0.15, 0.2) is 0 Å². The van der Waals surface area contributed by atoms with Crippen LogP contribution in [-0.4, -0.2) is 36.1 Å². The van der Waals surface area contributed by atoms with Crippen molar-refractivity contribution in [2.75, 3.05) is 13.1 Å². The number of carboxylic acid groups (broad SMARTS) is 1. The van der Waals surface area contributed by atoms with E-state index in [2.05, 4.69) is 10.6 Å². The van der Waals surface area contributed by atoms with Gasteiger partial charge >= 0.3 is 5.97 Å². The van der Waals surface area contributed by atoms with Gasteiger partial charge in [0.1, 0.15) is 0 Å². The van der Waals surface area contributed by atoms with Crippen molar-refractivity contribution in [3.05, 3.63) is 35.4 Å². The van der Waals surface area contributed by atoms with Gasteiger partial charge in [0, 0.05) is 12.6 Å². The summed E-state index contributed by atoms with van der Waals surface area (Å²) >= 11 is 0. The second-order valence-corrected chi connectivity index (χ2v) is 4.64. The summed E-state index contributed by atoms with van der Waals surface area (Å²) in [6.07, 6.45) is 0.620. The highest BCUT2D eigenvalue weighted by molar-refractivity contribution is 5.87. The number of amides is 1. The molecule has 0 aliphatic carbocycles. The molecule has 0 spiro atoms. The maximum Gasteiger partial charge on any atom is 0.335 e. The zero-order valence-corrected chi connectivity index (χ0v) is 11.3. The lowest BCUT2D eigenvalue weighted by atomic mass is 10.1. The molecule has 0 aromatic heterocycles. The Kier molecular flexibility index (Phi) is 6.02. The highest BCUT2D eigenvalue weighted by Gasteiger charge is 2.04. The van der Waals surface area contributed by atoms with Crippen molar-refractivity contribution in [1.29, 1.82) is 0 Å². The molecule has 0 heterocycles. The molecule has 1 aromatic carbocycles. The second-order valence-electron chi connectivity index (χ2n) is 4.64. The van der Waals surface area contributed by atoms with E-state index in [0.29, 0.717) is 19.5 Å². The average Bonchev–Trinajstić information content (AvgIpc) is 2.36. The fourth-order valence-corrected chi connectivity index (χ4v) is 1.57. The number of carboxylic acids is 1. The van der Waals surface area contributed by atoms with Gasteiger partial charge in [-0.15, -0.1) is 0 Å². The third-order valence-electron chi connectivity index (χ3n) is 2.58. The van der Waals surface area contributed by atoms with Crippen LogP contribution in [0.4, 0.5) is 0 Å². The molecule has 0 aliphatic heterocycles. The number of benzene rings is 1. The smallest absolute Gasteiger partial charge is 0.335 e. The molecule has 0 atom stereocenters. The topological polar surface area (TPSA) is 78.4 Å². The number of carbonyl (C=O) groups excluding carboxylic acids is 1. The molecule has 0 saturated heterocycles. The van der Waals surface area contributed by atoms with Crippen molar-refractivity contribution in [3.8, 4) is 0 Å². The van der Waals surface area contributed by atoms with Crippen LogP contribution >= 0.6 is 0 Å². The summed E-state index contributed by atoms with van der Waals surface area (Å²) in [4.78, 5) is 22.3. The molecule has 1 aromatic rings. The van der Waals surface area contributed by atoms with Crippen LogP contribution in [0.3, 0.4) is 0 Å². The van der Waals surface area contributed by atoms with Crippen molar-refractivity contribution >= 4 is 11.9 Å². The molecule has 3 N–H and O–H groups in total. The van der Waals surface area contributed by atoms with Crippen LogP contribution in [0.1, 0.15) is 29.8 Å². The molecule has 1 amide bonds. The maximum absolute atomic E-state index is 11.4. The van der Waals surface area contributed by atoms with Crippen molar-refractivity contribution in [3.63, 3.8) is 0 Å². The first-order valence-corrected chi connectivity index (χ1v) is 6.31. The van der Waals surface area contributed by atoms with Gasteiger partial charge in [0.25, 0.3) is 0 Å². The lowest BCUT2D eigenvalue weighted by Gasteiger charge is -2.09. The predicted molar refractivity (Wildman–Crippen MR) is 73.3 cm³/mol. The summed E-state index contributed by atoms with van der Waals surface area (Å²) in [6, 6.07) is 7.02. The minimum atomic E-state index is -0.938. The molecular weight excluding hydrogens is 244 g/mol. The van der Waals surface area contributed by atoms with E-state index in [1.54, 1.807) is 18.2 Å². The van der Waals surface area contributed by atoms with Gasteiger partial charge in [0.2, 0.25) is 5.91 Å². The monoisotopic (exact) mass is 264 g/mol. The molecule has 0 fully saturated rings. The van der Waals surface area contributed by atoms with E-state index >= 15 is 0 Å². The Hall–Kier alpha value is -1.88. The van der Waals surface area contributed by atoms with E-state index in [4.69, 9.17) is 5.11 Å². The highest BCUT2D eigenvalue weighted by Crippen LogP contribution is 2.05. The Morgan fingerprint density at radius 2 is 2.05 bits per heavy atom. The van der Waals surface area contributed by atoms with Crippen LogP contribution in [0, 0.1) is 0 Å². The summed E-state index contributed by atoms with van der Waals surface area (Å²) in [6.45, 7) is 4.75. The Morgan fingerprint density at radius 3 is 2.68 bits per heavy atom. The third-order valence-corrected chi connectivity index (χ3v) is 2.58. The van der Waals surface area contributed by atoms with Crippen molar-refractivity contribution < 1.29 is 14.7 Å². The van der Waals surface area contributed by atoms with Crippen molar-refractivity contribution in [2.24, 2.45) is 0 Å². The lowest BCUT2D eigenvalue weighted by Crippen LogP contribution is -2.37. The summed E-state index contributed by atoms with van der Waals surface area (Å²) in [5, 5.41) is 14.7. The maximum atomic E-state index is 11.4. The molecule has 0 aliphatic rings. The zero-order chi connectivity index (χ0) is 14.3. The van der Waals surface area contributed by atoms with Crippen molar-refractivity contribution in [1.82, 2.24) is 10.6 Å². The van der Waals surface area contributed by atoms with Gasteiger partial charge in [-0.2, -0.15) is 0 Å². The van der Waals surface area contributed by atoms with Crippen LogP contribution in [0.25, 0.3) is 0 Å². The van der Waals surface area contributed by atoms with Crippen molar-refractivity contribution in [2.45, 2.75) is 26.3 Å². The molecule has 5 heteroatoms. The lowest BCUT2D eigenvalue weighted by molar-refractivity contribution is -0.120. The predicted octanol–water partition coefficient (Wildman–Crippen LogP) is 1.04. The molecule has 19 heavy (non-hydrogen) atoms. The molecule has 5 nitrogen and oxygen atoms in total. The van der Waals surface area contributed by atoms with Crippen LogP contribution < -0.4 is 10.6 Å². The van der Waals surface area contributed by atoms with Crippen LogP contribution in [0.5, 0.6) is 0 Å². The van der Waals surface area contributed by atoms with Crippen LogP contribution in [0.15, 0.2) is 24.3 Å². The van der Waals surface area contributed by atoms with Crippen LogP contribution in [-0.2, 0) is 11.2 Å². The summed E-state index contributed by atoms with van der Waals surface area (Å²) in [5.74, 6) is -0.991. The molecule has 104 valence electrons. The SMILES string of the molecule is CC(C)NCC(=O)NCCc1cccc(C(=O)O)c1. The number of carbonyl (C=O) groups is 2. The fourth-order valence-electron chi connectivity index (χ4n) is 1.57. The highest BCUT2D eigenvalue weighted by atomic mass is 16.4. The number of hydrogen-bond acceptors (Lipinski definition) is 3. The quantitative estimate of drug-likeness (QED) is 0.687. The van der Waals surface area contributed by atoms with E-state index < -0.39 is 5.97 Å². The van der Waals surface area contributed by atoms with Gasteiger partial charge < -0.3 is 15.7 Å². The minimum absolute atomic E-state index is 0.0527. The van der Waals surface area contributed by atoms with Gasteiger partial charge in [-0.25, -0.2) is 4.79 Å².